The fraction of sp³-hybridized carbons (Fsp3) is 0.355. The Morgan fingerprint density at radius 3 is 2.12 bits per heavy atom. The molecule has 2 atom stereocenters. The summed E-state index contributed by atoms with van der Waals surface area (Å²) in [5, 5.41) is 2.95. The predicted octanol–water partition coefficient (Wildman–Crippen LogP) is 5.29. The summed E-state index contributed by atoms with van der Waals surface area (Å²) in [6.45, 7) is 7.32. The highest BCUT2D eigenvalue weighted by molar-refractivity contribution is 7.98. The van der Waals surface area contributed by atoms with E-state index in [0.29, 0.717) is 12.1 Å². The lowest BCUT2D eigenvalue weighted by atomic mass is 10.1. The Morgan fingerprint density at radius 2 is 1.55 bits per heavy atom. The highest BCUT2D eigenvalue weighted by Gasteiger charge is 2.32. The maximum absolute atomic E-state index is 13.9. The molecule has 2 amide bonds. The van der Waals surface area contributed by atoms with Crippen molar-refractivity contribution in [1.82, 2.24) is 10.2 Å². The number of sulfonamides is 1. The van der Waals surface area contributed by atoms with Crippen LogP contribution in [0.15, 0.2) is 88.7 Å². The Morgan fingerprint density at radius 1 is 0.925 bits per heavy atom. The maximum Gasteiger partial charge on any atom is 0.264 e. The predicted molar refractivity (Wildman–Crippen MR) is 163 cm³/mol. The van der Waals surface area contributed by atoms with Crippen molar-refractivity contribution in [2.45, 2.75) is 62.4 Å². The van der Waals surface area contributed by atoms with Crippen LogP contribution in [0.2, 0.25) is 0 Å². The zero-order chi connectivity index (χ0) is 29.3. The van der Waals surface area contributed by atoms with Crippen molar-refractivity contribution in [3.8, 4) is 0 Å². The second kappa shape index (κ2) is 14.4. The minimum absolute atomic E-state index is 0.0466. The molecule has 0 spiro atoms. The molecule has 3 rings (SSSR count). The van der Waals surface area contributed by atoms with Gasteiger partial charge < -0.3 is 10.2 Å². The third-order valence-corrected chi connectivity index (χ3v) is 9.43. The standard InChI is InChI=1S/C31H39N3O4S2/c1-6-24(3)32-31(36)25(4)33(21-20-26-10-8-7-9-11-26)30(35)22-34(27-14-12-23(2)13-15-27)40(37,38)29-18-16-28(39-5)17-19-29/h7-19,24-25H,6,20-22H2,1-5H3,(H,32,36). The Hall–Kier alpha value is -3.30. The molecule has 0 aromatic heterocycles. The van der Waals surface area contributed by atoms with Gasteiger partial charge in [-0.1, -0.05) is 55.0 Å². The van der Waals surface area contributed by atoms with Gasteiger partial charge in [0.25, 0.3) is 10.0 Å². The summed E-state index contributed by atoms with van der Waals surface area (Å²) < 4.78 is 29.0. The van der Waals surface area contributed by atoms with E-state index in [2.05, 4.69) is 5.32 Å². The summed E-state index contributed by atoms with van der Waals surface area (Å²) in [4.78, 5) is 29.5. The van der Waals surface area contributed by atoms with E-state index in [4.69, 9.17) is 0 Å². The van der Waals surface area contributed by atoms with E-state index in [9.17, 15) is 18.0 Å². The van der Waals surface area contributed by atoms with Crippen LogP contribution in [0.5, 0.6) is 0 Å². The lowest BCUT2D eigenvalue weighted by Crippen LogP contribution is -2.53. The zero-order valence-corrected chi connectivity index (χ0v) is 25.5. The number of aryl methyl sites for hydroxylation is 1. The number of amides is 2. The number of rotatable bonds is 13. The number of carbonyl (C=O) groups excluding carboxylic acids is 2. The monoisotopic (exact) mass is 581 g/mol. The minimum atomic E-state index is -4.08. The van der Waals surface area contributed by atoms with Crippen molar-refractivity contribution < 1.29 is 18.0 Å². The first-order chi connectivity index (χ1) is 19.1. The molecule has 0 aliphatic heterocycles. The highest BCUT2D eigenvalue weighted by Crippen LogP contribution is 2.26. The molecule has 0 aliphatic rings. The molecule has 0 heterocycles. The van der Waals surface area contributed by atoms with Crippen LogP contribution in [0.25, 0.3) is 0 Å². The Labute approximate surface area is 243 Å². The second-order valence-corrected chi connectivity index (χ2v) is 12.6. The normalized spacial score (nSPS) is 12.8. The first-order valence-electron chi connectivity index (χ1n) is 13.4. The van der Waals surface area contributed by atoms with Crippen molar-refractivity contribution in [3.05, 3.63) is 90.0 Å². The van der Waals surface area contributed by atoms with Crippen LogP contribution < -0.4 is 9.62 Å². The van der Waals surface area contributed by atoms with Gasteiger partial charge in [0.15, 0.2) is 0 Å². The molecule has 0 bridgehead atoms. The number of hydrogen-bond acceptors (Lipinski definition) is 5. The third kappa shape index (κ3) is 8.11. The quantitative estimate of drug-likeness (QED) is 0.277. The van der Waals surface area contributed by atoms with E-state index < -0.39 is 28.5 Å². The Balaban J connectivity index is 1.97. The van der Waals surface area contributed by atoms with Gasteiger partial charge >= 0.3 is 0 Å². The number of nitrogens with zero attached hydrogens (tertiary/aromatic N) is 2. The van der Waals surface area contributed by atoms with Crippen molar-refractivity contribution >= 4 is 39.3 Å². The molecule has 214 valence electrons. The van der Waals surface area contributed by atoms with Crippen molar-refractivity contribution in [3.63, 3.8) is 0 Å². The average Bonchev–Trinajstić information content (AvgIpc) is 2.96. The van der Waals surface area contributed by atoms with Crippen molar-refractivity contribution in [2.75, 3.05) is 23.7 Å². The minimum Gasteiger partial charge on any atom is -0.352 e. The van der Waals surface area contributed by atoms with Gasteiger partial charge in [-0.3, -0.25) is 13.9 Å². The Bertz CT molecular complexity index is 1360. The van der Waals surface area contributed by atoms with E-state index in [1.54, 1.807) is 43.3 Å². The van der Waals surface area contributed by atoms with Gasteiger partial charge in [0.2, 0.25) is 11.8 Å². The summed E-state index contributed by atoms with van der Waals surface area (Å²) in [5.41, 5.74) is 2.37. The first-order valence-corrected chi connectivity index (χ1v) is 16.1. The molecule has 9 heteroatoms. The van der Waals surface area contributed by atoms with Crippen LogP contribution >= 0.6 is 11.8 Å². The summed E-state index contributed by atoms with van der Waals surface area (Å²) in [6.07, 6.45) is 3.20. The molecule has 3 aromatic carbocycles. The number of anilines is 1. The fourth-order valence-electron chi connectivity index (χ4n) is 4.15. The smallest absolute Gasteiger partial charge is 0.264 e. The molecule has 0 saturated heterocycles. The van der Waals surface area contributed by atoms with Crippen LogP contribution in [-0.4, -0.2) is 56.6 Å². The number of benzene rings is 3. The van der Waals surface area contributed by atoms with Gasteiger partial charge in [0, 0.05) is 17.5 Å². The Kier molecular flexibility index (Phi) is 11.2. The van der Waals surface area contributed by atoms with E-state index in [0.717, 1.165) is 26.7 Å². The molecule has 40 heavy (non-hydrogen) atoms. The topological polar surface area (TPSA) is 86.8 Å². The summed E-state index contributed by atoms with van der Waals surface area (Å²) >= 11 is 1.52. The molecule has 1 N–H and O–H groups in total. The van der Waals surface area contributed by atoms with Gasteiger partial charge in [-0.2, -0.15) is 0 Å². The van der Waals surface area contributed by atoms with E-state index >= 15 is 0 Å². The average molecular weight is 582 g/mol. The number of nitrogens with one attached hydrogen (secondary N) is 1. The van der Waals surface area contributed by atoms with Crippen LogP contribution in [0.1, 0.15) is 38.3 Å². The van der Waals surface area contributed by atoms with Gasteiger partial charge in [-0.05, 0) is 81.8 Å². The number of thioether (sulfide) groups is 1. The molecule has 0 aliphatic carbocycles. The van der Waals surface area contributed by atoms with E-state index in [1.165, 1.54) is 16.7 Å². The molecule has 3 aromatic rings. The second-order valence-electron chi connectivity index (χ2n) is 9.84. The number of hydrogen-bond donors (Lipinski definition) is 1. The lowest BCUT2D eigenvalue weighted by molar-refractivity contribution is -0.139. The first kappa shape index (κ1) is 31.2. The summed E-state index contributed by atoms with van der Waals surface area (Å²) in [6, 6.07) is 22.5. The molecular formula is C31H39N3O4S2. The lowest BCUT2D eigenvalue weighted by Gasteiger charge is -2.32. The van der Waals surface area contributed by atoms with Gasteiger partial charge in [-0.15, -0.1) is 11.8 Å². The number of carbonyl (C=O) groups is 2. The fourth-order valence-corrected chi connectivity index (χ4v) is 5.97. The van der Waals surface area contributed by atoms with Crippen molar-refractivity contribution in [1.29, 1.82) is 0 Å². The molecule has 0 fully saturated rings. The summed E-state index contributed by atoms with van der Waals surface area (Å²) in [7, 11) is -4.08. The zero-order valence-electron chi connectivity index (χ0n) is 23.8. The molecular weight excluding hydrogens is 542 g/mol. The highest BCUT2D eigenvalue weighted by atomic mass is 32.2. The van der Waals surface area contributed by atoms with Crippen LogP contribution in [0.3, 0.4) is 0 Å². The molecule has 7 nitrogen and oxygen atoms in total. The van der Waals surface area contributed by atoms with E-state index in [1.807, 2.05) is 69.5 Å². The SMILES string of the molecule is CCC(C)NC(=O)C(C)N(CCc1ccccc1)C(=O)CN(c1ccc(C)cc1)S(=O)(=O)c1ccc(SC)cc1. The van der Waals surface area contributed by atoms with Crippen LogP contribution in [0, 0.1) is 6.92 Å². The van der Waals surface area contributed by atoms with Gasteiger partial charge in [0.05, 0.1) is 10.6 Å². The largest absolute Gasteiger partial charge is 0.352 e. The van der Waals surface area contributed by atoms with Crippen LogP contribution in [0.4, 0.5) is 5.69 Å². The van der Waals surface area contributed by atoms with E-state index in [-0.39, 0.29) is 23.4 Å². The maximum atomic E-state index is 13.9. The third-order valence-electron chi connectivity index (χ3n) is 6.90. The summed E-state index contributed by atoms with van der Waals surface area (Å²) in [5.74, 6) is -0.722. The van der Waals surface area contributed by atoms with Gasteiger partial charge in [-0.25, -0.2) is 8.42 Å². The molecule has 2 unspecified atom stereocenters. The molecule has 0 radical (unpaired) electrons. The van der Waals surface area contributed by atoms with Crippen LogP contribution in [-0.2, 0) is 26.0 Å². The van der Waals surface area contributed by atoms with Crippen molar-refractivity contribution in [2.24, 2.45) is 0 Å². The van der Waals surface area contributed by atoms with Gasteiger partial charge in [0.1, 0.15) is 12.6 Å². The molecule has 0 saturated carbocycles.